The second kappa shape index (κ2) is 6.87. The van der Waals surface area contributed by atoms with Gasteiger partial charge < -0.3 is 10.6 Å². The molecule has 0 bridgehead atoms. The van der Waals surface area contributed by atoms with Crippen molar-refractivity contribution in [1.29, 1.82) is 5.26 Å². The molecule has 0 aliphatic heterocycles. The van der Waals surface area contributed by atoms with Crippen LogP contribution in [0.2, 0.25) is 0 Å². The molecule has 0 aliphatic carbocycles. The molecule has 2 amide bonds. The lowest BCUT2D eigenvalue weighted by atomic mass is 10.2. The zero-order valence-corrected chi connectivity index (χ0v) is 13.3. The normalized spacial score (nSPS) is 9.68. The molecule has 2 aromatic rings. The molecule has 0 aromatic heterocycles. The highest BCUT2D eigenvalue weighted by molar-refractivity contribution is 9.10. The number of halogens is 1. The van der Waals surface area contributed by atoms with Gasteiger partial charge in [0.2, 0.25) is 0 Å². The first-order chi connectivity index (χ1) is 10.5. The van der Waals surface area contributed by atoms with Crippen molar-refractivity contribution in [3.8, 4) is 6.07 Å². The SMILES string of the molecule is Cc1ccc(NC(=O)C(=O)Nc2cccc(C#N)c2)c(Br)c1. The zero-order valence-electron chi connectivity index (χ0n) is 11.7. The molecule has 0 saturated heterocycles. The second-order valence-corrected chi connectivity index (χ2v) is 5.44. The van der Waals surface area contributed by atoms with Crippen LogP contribution in [0.5, 0.6) is 0 Å². The summed E-state index contributed by atoms with van der Waals surface area (Å²) in [7, 11) is 0. The molecule has 0 heterocycles. The second-order valence-electron chi connectivity index (χ2n) is 4.58. The summed E-state index contributed by atoms with van der Waals surface area (Å²) in [6.45, 7) is 1.92. The molecule has 0 atom stereocenters. The van der Waals surface area contributed by atoms with Crippen LogP contribution >= 0.6 is 15.9 Å². The van der Waals surface area contributed by atoms with Crippen LogP contribution in [0.25, 0.3) is 0 Å². The molecular formula is C16H12BrN3O2. The molecule has 2 rings (SSSR count). The monoisotopic (exact) mass is 357 g/mol. The number of benzene rings is 2. The average Bonchev–Trinajstić information content (AvgIpc) is 2.50. The number of hydrogen-bond acceptors (Lipinski definition) is 3. The van der Waals surface area contributed by atoms with Gasteiger partial charge in [-0.3, -0.25) is 9.59 Å². The van der Waals surface area contributed by atoms with Crippen LogP contribution in [0.3, 0.4) is 0 Å². The van der Waals surface area contributed by atoms with E-state index < -0.39 is 11.8 Å². The quantitative estimate of drug-likeness (QED) is 0.809. The lowest BCUT2D eigenvalue weighted by Gasteiger charge is -2.08. The molecule has 5 nitrogen and oxygen atoms in total. The molecule has 110 valence electrons. The van der Waals surface area contributed by atoms with E-state index in [0.717, 1.165) is 5.56 Å². The van der Waals surface area contributed by atoms with Crippen LogP contribution in [0.4, 0.5) is 11.4 Å². The molecule has 0 saturated carbocycles. The lowest BCUT2D eigenvalue weighted by molar-refractivity contribution is -0.133. The molecule has 2 aromatic carbocycles. The fourth-order valence-electron chi connectivity index (χ4n) is 1.75. The standard InChI is InChI=1S/C16H12BrN3O2/c1-10-5-6-14(13(17)7-10)20-16(22)15(21)19-12-4-2-3-11(8-12)9-18/h2-8H,1H3,(H,19,21)(H,20,22). The number of carbonyl (C=O) groups excluding carboxylic acids is 2. The minimum absolute atomic E-state index is 0.391. The Labute approximate surface area is 136 Å². The van der Waals surface area contributed by atoms with Crippen LogP contribution in [0.15, 0.2) is 46.9 Å². The highest BCUT2D eigenvalue weighted by Crippen LogP contribution is 2.23. The molecule has 2 N–H and O–H groups in total. The van der Waals surface area contributed by atoms with Gasteiger partial charge in [-0.05, 0) is 58.7 Å². The van der Waals surface area contributed by atoms with Crippen LogP contribution < -0.4 is 10.6 Å². The Hall–Kier alpha value is -2.65. The van der Waals surface area contributed by atoms with Gasteiger partial charge in [-0.2, -0.15) is 5.26 Å². The van der Waals surface area contributed by atoms with E-state index in [0.29, 0.717) is 21.4 Å². The summed E-state index contributed by atoms with van der Waals surface area (Å²) >= 11 is 3.33. The number of nitrogens with zero attached hydrogens (tertiary/aromatic N) is 1. The Kier molecular flexibility index (Phi) is 4.92. The number of nitrogens with one attached hydrogen (secondary N) is 2. The van der Waals surface area contributed by atoms with E-state index in [1.165, 1.54) is 6.07 Å². The van der Waals surface area contributed by atoms with Crippen molar-refractivity contribution in [2.24, 2.45) is 0 Å². The largest absolute Gasteiger partial charge is 0.318 e. The summed E-state index contributed by atoms with van der Waals surface area (Å²) in [5.41, 5.74) is 2.33. The van der Waals surface area contributed by atoms with Crippen molar-refractivity contribution in [1.82, 2.24) is 0 Å². The number of hydrogen-bond donors (Lipinski definition) is 2. The van der Waals surface area contributed by atoms with Gasteiger partial charge in [0.15, 0.2) is 0 Å². The Morgan fingerprint density at radius 2 is 1.82 bits per heavy atom. The van der Waals surface area contributed by atoms with Gasteiger partial charge in [-0.1, -0.05) is 12.1 Å². The first-order valence-electron chi connectivity index (χ1n) is 6.38. The molecule has 6 heteroatoms. The van der Waals surface area contributed by atoms with E-state index >= 15 is 0 Å². The minimum atomic E-state index is -0.803. The van der Waals surface area contributed by atoms with Gasteiger partial charge in [0.25, 0.3) is 0 Å². The summed E-state index contributed by atoms with van der Waals surface area (Å²) in [5, 5.41) is 13.8. The van der Waals surface area contributed by atoms with E-state index in [4.69, 9.17) is 5.26 Å². The number of anilines is 2. The van der Waals surface area contributed by atoms with E-state index in [-0.39, 0.29) is 0 Å². The highest BCUT2D eigenvalue weighted by Gasteiger charge is 2.15. The summed E-state index contributed by atoms with van der Waals surface area (Å²) in [4.78, 5) is 23.8. The van der Waals surface area contributed by atoms with Gasteiger partial charge >= 0.3 is 11.8 Å². The van der Waals surface area contributed by atoms with Crippen molar-refractivity contribution in [3.63, 3.8) is 0 Å². The van der Waals surface area contributed by atoms with Crippen LogP contribution in [-0.2, 0) is 9.59 Å². The maximum atomic E-state index is 11.9. The zero-order chi connectivity index (χ0) is 16.1. The van der Waals surface area contributed by atoms with Crippen LogP contribution in [0.1, 0.15) is 11.1 Å². The third kappa shape index (κ3) is 3.93. The number of aryl methyl sites for hydroxylation is 1. The molecule has 22 heavy (non-hydrogen) atoms. The van der Waals surface area contributed by atoms with Crippen molar-refractivity contribution < 1.29 is 9.59 Å². The summed E-state index contributed by atoms with van der Waals surface area (Å²) in [6, 6.07) is 13.7. The van der Waals surface area contributed by atoms with E-state index in [1.807, 2.05) is 25.1 Å². The van der Waals surface area contributed by atoms with Crippen molar-refractivity contribution >= 4 is 39.1 Å². The van der Waals surface area contributed by atoms with Gasteiger partial charge in [0.05, 0.1) is 17.3 Å². The molecule has 0 spiro atoms. The van der Waals surface area contributed by atoms with Gasteiger partial charge in [-0.25, -0.2) is 0 Å². The van der Waals surface area contributed by atoms with Gasteiger partial charge in [0.1, 0.15) is 0 Å². The van der Waals surface area contributed by atoms with Crippen molar-refractivity contribution in [2.75, 3.05) is 10.6 Å². The molecule has 0 fully saturated rings. The van der Waals surface area contributed by atoms with E-state index in [1.54, 1.807) is 24.3 Å². The average molecular weight is 358 g/mol. The van der Waals surface area contributed by atoms with Crippen molar-refractivity contribution in [2.45, 2.75) is 6.92 Å². The predicted octanol–water partition coefficient (Wildman–Crippen LogP) is 3.21. The number of amides is 2. The number of nitriles is 1. The van der Waals surface area contributed by atoms with E-state index in [9.17, 15) is 9.59 Å². The fourth-order valence-corrected chi connectivity index (χ4v) is 2.35. The first-order valence-corrected chi connectivity index (χ1v) is 7.17. The molecule has 0 radical (unpaired) electrons. The molecular weight excluding hydrogens is 346 g/mol. The number of carbonyl (C=O) groups is 2. The smallest absolute Gasteiger partial charge is 0.314 e. The van der Waals surface area contributed by atoms with Gasteiger partial charge in [-0.15, -0.1) is 0 Å². The Balaban J connectivity index is 2.06. The summed E-state index contributed by atoms with van der Waals surface area (Å²) in [5.74, 6) is -1.59. The van der Waals surface area contributed by atoms with Crippen LogP contribution in [-0.4, -0.2) is 11.8 Å². The Morgan fingerprint density at radius 1 is 1.09 bits per heavy atom. The first kappa shape index (κ1) is 15.7. The van der Waals surface area contributed by atoms with Crippen LogP contribution in [0, 0.1) is 18.3 Å². The van der Waals surface area contributed by atoms with Crippen molar-refractivity contribution in [3.05, 3.63) is 58.1 Å². The number of rotatable bonds is 2. The topological polar surface area (TPSA) is 82.0 Å². The summed E-state index contributed by atoms with van der Waals surface area (Å²) < 4.78 is 0.695. The maximum Gasteiger partial charge on any atom is 0.314 e. The third-order valence-corrected chi connectivity index (χ3v) is 3.48. The highest BCUT2D eigenvalue weighted by atomic mass is 79.9. The lowest BCUT2D eigenvalue weighted by Crippen LogP contribution is -2.29. The Morgan fingerprint density at radius 3 is 2.50 bits per heavy atom. The fraction of sp³-hybridized carbons (Fsp3) is 0.0625. The summed E-state index contributed by atoms with van der Waals surface area (Å²) in [6.07, 6.45) is 0. The van der Waals surface area contributed by atoms with E-state index in [2.05, 4.69) is 26.6 Å². The maximum absolute atomic E-state index is 11.9. The third-order valence-electron chi connectivity index (χ3n) is 2.83. The minimum Gasteiger partial charge on any atom is -0.318 e. The Bertz CT molecular complexity index is 781. The predicted molar refractivity (Wildman–Crippen MR) is 87.3 cm³/mol. The molecule has 0 unspecified atom stereocenters. The molecule has 0 aliphatic rings. The van der Waals surface area contributed by atoms with Gasteiger partial charge in [0, 0.05) is 10.2 Å².